The number of benzene rings is 2. The molecule has 0 bridgehead atoms. The lowest BCUT2D eigenvalue weighted by atomic mass is 10.0. The summed E-state index contributed by atoms with van der Waals surface area (Å²) < 4.78 is 5.89. The van der Waals surface area contributed by atoms with Crippen LogP contribution < -0.4 is 15.4 Å². The van der Waals surface area contributed by atoms with Crippen LogP contribution in [0.4, 0.5) is 0 Å². The maximum Gasteiger partial charge on any atom is 0.255 e. The average molecular weight is 536 g/mol. The predicted molar refractivity (Wildman–Crippen MR) is 146 cm³/mol. The SMILES string of the molecule is CCN1CCN(C(=O)[C@@H]2CC(=O)N[C@@H](Cc3ccccc3)C(=O)N(C)CCOc3ccccc3C(=O)N2)CC1. The number of fused-ring (bicyclic) bond motifs is 1. The zero-order valence-electron chi connectivity index (χ0n) is 22.6. The summed E-state index contributed by atoms with van der Waals surface area (Å²) in [6.07, 6.45) is 0.00721. The number of carbonyl (C=O) groups excluding carboxylic acids is 4. The molecule has 0 aliphatic carbocycles. The number of rotatable bonds is 4. The molecule has 0 radical (unpaired) electrons. The maximum atomic E-state index is 13.6. The Morgan fingerprint density at radius 3 is 2.33 bits per heavy atom. The van der Waals surface area contributed by atoms with Gasteiger partial charge in [-0.05, 0) is 24.2 Å². The Kier molecular flexibility index (Phi) is 9.54. The molecule has 10 nitrogen and oxygen atoms in total. The average Bonchev–Trinajstić information content (AvgIpc) is 2.96. The number of ether oxygens (including phenoxy) is 1. The third-order valence-corrected chi connectivity index (χ3v) is 7.23. The van der Waals surface area contributed by atoms with Crippen molar-refractivity contribution < 1.29 is 23.9 Å². The molecule has 1 fully saturated rings. The number of hydrogen-bond donors (Lipinski definition) is 2. The fraction of sp³-hybridized carbons (Fsp3) is 0.448. The molecule has 0 unspecified atom stereocenters. The van der Waals surface area contributed by atoms with E-state index >= 15 is 0 Å². The van der Waals surface area contributed by atoms with Gasteiger partial charge in [0.05, 0.1) is 18.5 Å². The van der Waals surface area contributed by atoms with Gasteiger partial charge in [0.25, 0.3) is 5.91 Å². The van der Waals surface area contributed by atoms with Gasteiger partial charge in [-0.2, -0.15) is 0 Å². The fourth-order valence-electron chi connectivity index (χ4n) is 4.88. The predicted octanol–water partition coefficient (Wildman–Crippen LogP) is 0.918. The van der Waals surface area contributed by atoms with E-state index in [2.05, 4.69) is 22.5 Å². The standard InChI is InChI=1S/C29H37N5O5/c1-3-33-13-15-34(16-14-33)29(38)24-20-26(35)30-23(19-21-9-5-4-6-10-21)28(37)32(2)17-18-39-25-12-8-7-11-22(25)27(36)31-24/h4-12,23-24H,3,13-20H2,1-2H3,(H,30,35)(H,31,36)/t23-,24-/m0/s1. The fourth-order valence-corrected chi connectivity index (χ4v) is 4.88. The summed E-state index contributed by atoms with van der Waals surface area (Å²) in [6.45, 7) is 5.87. The summed E-state index contributed by atoms with van der Waals surface area (Å²) in [5, 5.41) is 5.62. The number of nitrogens with one attached hydrogen (secondary N) is 2. The lowest BCUT2D eigenvalue weighted by molar-refractivity contribution is -0.138. The molecule has 0 saturated carbocycles. The zero-order chi connectivity index (χ0) is 27.8. The van der Waals surface area contributed by atoms with Crippen LogP contribution in [0.25, 0.3) is 0 Å². The van der Waals surface area contributed by atoms with Crippen LogP contribution in [0, 0.1) is 0 Å². The summed E-state index contributed by atoms with van der Waals surface area (Å²) in [6, 6.07) is 14.3. The number of amides is 4. The molecule has 39 heavy (non-hydrogen) atoms. The molecule has 0 aromatic heterocycles. The summed E-state index contributed by atoms with van der Waals surface area (Å²) in [5.74, 6) is -1.20. The van der Waals surface area contributed by atoms with Crippen molar-refractivity contribution in [2.75, 3.05) is 52.9 Å². The van der Waals surface area contributed by atoms with Gasteiger partial charge in [0.15, 0.2) is 0 Å². The van der Waals surface area contributed by atoms with Crippen LogP contribution in [0.5, 0.6) is 5.75 Å². The van der Waals surface area contributed by atoms with Crippen molar-refractivity contribution in [2.45, 2.75) is 31.8 Å². The van der Waals surface area contributed by atoms with Crippen LogP contribution in [0.3, 0.4) is 0 Å². The molecule has 4 amide bonds. The van der Waals surface area contributed by atoms with E-state index in [-0.39, 0.29) is 37.0 Å². The molecule has 1 saturated heterocycles. The molecule has 2 aromatic carbocycles. The Labute approximate surface area is 229 Å². The normalized spacial score (nSPS) is 21.7. The van der Waals surface area contributed by atoms with E-state index in [1.807, 2.05) is 30.3 Å². The van der Waals surface area contributed by atoms with E-state index in [1.54, 1.807) is 36.2 Å². The van der Waals surface area contributed by atoms with Gasteiger partial charge in [-0.1, -0.05) is 49.4 Å². The first-order valence-corrected chi connectivity index (χ1v) is 13.5. The van der Waals surface area contributed by atoms with Crippen molar-refractivity contribution in [1.29, 1.82) is 0 Å². The van der Waals surface area contributed by atoms with E-state index in [0.29, 0.717) is 25.3 Å². The molecule has 4 rings (SSSR count). The topological polar surface area (TPSA) is 111 Å². The third-order valence-electron chi connectivity index (χ3n) is 7.23. The van der Waals surface area contributed by atoms with E-state index in [9.17, 15) is 19.2 Å². The minimum Gasteiger partial charge on any atom is -0.491 e. The molecule has 2 heterocycles. The minimum atomic E-state index is -1.09. The van der Waals surface area contributed by atoms with Crippen molar-refractivity contribution in [3.05, 3.63) is 65.7 Å². The van der Waals surface area contributed by atoms with E-state index in [1.165, 1.54) is 4.90 Å². The molecule has 2 N–H and O–H groups in total. The smallest absolute Gasteiger partial charge is 0.255 e. The number of piperazine rings is 1. The Hall–Kier alpha value is -3.92. The van der Waals surface area contributed by atoms with Crippen molar-refractivity contribution >= 4 is 23.6 Å². The number of hydrogen-bond acceptors (Lipinski definition) is 6. The summed E-state index contributed by atoms with van der Waals surface area (Å²) in [5.41, 5.74) is 1.16. The van der Waals surface area contributed by atoms with Crippen molar-refractivity contribution in [1.82, 2.24) is 25.3 Å². The second kappa shape index (κ2) is 13.2. The first-order valence-electron chi connectivity index (χ1n) is 13.5. The van der Waals surface area contributed by atoms with E-state index in [0.717, 1.165) is 25.2 Å². The molecule has 208 valence electrons. The second-order valence-electron chi connectivity index (χ2n) is 9.90. The van der Waals surface area contributed by atoms with Crippen molar-refractivity contribution in [2.24, 2.45) is 0 Å². The van der Waals surface area contributed by atoms with Crippen LogP contribution in [-0.4, -0.2) is 103 Å². The Morgan fingerprint density at radius 1 is 0.923 bits per heavy atom. The maximum absolute atomic E-state index is 13.6. The van der Waals surface area contributed by atoms with E-state index < -0.39 is 23.9 Å². The molecule has 2 aromatic rings. The van der Waals surface area contributed by atoms with Gasteiger partial charge in [-0.25, -0.2) is 0 Å². The molecule has 2 aliphatic heterocycles. The Morgan fingerprint density at radius 2 is 1.62 bits per heavy atom. The lowest BCUT2D eigenvalue weighted by Gasteiger charge is -2.36. The number of nitrogens with zero attached hydrogens (tertiary/aromatic N) is 3. The van der Waals surface area contributed by atoms with Crippen molar-refractivity contribution in [3.63, 3.8) is 0 Å². The second-order valence-corrected chi connectivity index (χ2v) is 9.90. The molecular formula is C29H37N5O5. The van der Waals surface area contributed by atoms with Gasteiger partial charge in [0.2, 0.25) is 17.7 Å². The Balaban J connectivity index is 1.61. The van der Waals surface area contributed by atoms with Crippen LogP contribution in [-0.2, 0) is 20.8 Å². The van der Waals surface area contributed by atoms with Crippen LogP contribution >= 0.6 is 0 Å². The monoisotopic (exact) mass is 535 g/mol. The minimum absolute atomic E-state index is 0.155. The summed E-state index contributed by atoms with van der Waals surface area (Å²) in [4.78, 5) is 59.1. The van der Waals surface area contributed by atoms with Gasteiger partial charge in [0.1, 0.15) is 24.4 Å². The van der Waals surface area contributed by atoms with Gasteiger partial charge in [0, 0.05) is 39.6 Å². The van der Waals surface area contributed by atoms with Crippen molar-refractivity contribution in [3.8, 4) is 5.75 Å². The molecule has 2 aliphatic rings. The first kappa shape index (κ1) is 28.1. The number of para-hydroxylation sites is 1. The summed E-state index contributed by atoms with van der Waals surface area (Å²) >= 11 is 0. The quantitative estimate of drug-likeness (QED) is 0.603. The Bertz CT molecular complexity index is 1170. The van der Waals surface area contributed by atoms with Crippen LogP contribution in [0.15, 0.2) is 54.6 Å². The first-order chi connectivity index (χ1) is 18.9. The largest absolute Gasteiger partial charge is 0.491 e. The highest BCUT2D eigenvalue weighted by molar-refractivity contribution is 6.01. The van der Waals surface area contributed by atoms with Gasteiger partial charge < -0.3 is 30.1 Å². The molecule has 10 heteroatoms. The molecular weight excluding hydrogens is 498 g/mol. The van der Waals surface area contributed by atoms with Crippen LogP contribution in [0.2, 0.25) is 0 Å². The highest BCUT2D eigenvalue weighted by Gasteiger charge is 2.33. The van der Waals surface area contributed by atoms with Crippen LogP contribution in [0.1, 0.15) is 29.3 Å². The lowest BCUT2D eigenvalue weighted by Crippen LogP contribution is -2.56. The third kappa shape index (κ3) is 7.35. The highest BCUT2D eigenvalue weighted by Crippen LogP contribution is 2.19. The van der Waals surface area contributed by atoms with E-state index in [4.69, 9.17) is 4.74 Å². The summed E-state index contributed by atoms with van der Waals surface area (Å²) in [7, 11) is 1.66. The molecule has 2 atom stereocenters. The number of likely N-dealkylation sites (N-methyl/N-ethyl adjacent to an activating group) is 2. The zero-order valence-corrected chi connectivity index (χ0v) is 22.6. The number of carbonyl (C=O) groups is 4. The highest BCUT2D eigenvalue weighted by atomic mass is 16.5. The van der Waals surface area contributed by atoms with Gasteiger partial charge >= 0.3 is 0 Å². The molecule has 0 spiro atoms. The van der Waals surface area contributed by atoms with Gasteiger partial charge in [-0.15, -0.1) is 0 Å². The van der Waals surface area contributed by atoms with Gasteiger partial charge in [-0.3, -0.25) is 19.2 Å².